The smallest absolute Gasteiger partial charge is 0.187 e. The van der Waals surface area contributed by atoms with Crippen molar-refractivity contribution in [2.75, 3.05) is 6.61 Å². The highest BCUT2D eigenvalue weighted by molar-refractivity contribution is 5.95. The molecule has 0 aromatic rings. The third-order valence-corrected chi connectivity index (χ3v) is 12.8. The van der Waals surface area contributed by atoms with Crippen molar-refractivity contribution in [2.45, 2.75) is 151 Å². The van der Waals surface area contributed by atoms with Gasteiger partial charge >= 0.3 is 0 Å². The number of carbonyl (C=O) groups excluding carboxylic acids is 1. The molecule has 1 heterocycles. The average Bonchev–Trinajstić information content (AvgIpc) is 3.26. The van der Waals surface area contributed by atoms with E-state index in [2.05, 4.69) is 0 Å². The number of hydrogen-bond donors (Lipinski definition) is 10. The van der Waals surface area contributed by atoms with E-state index in [1.54, 1.807) is 27.7 Å². The van der Waals surface area contributed by atoms with Crippen LogP contribution in [0, 0.1) is 28.6 Å². The molecule has 5 aliphatic rings. The van der Waals surface area contributed by atoms with Crippen LogP contribution in [0.5, 0.6) is 0 Å². The van der Waals surface area contributed by atoms with E-state index in [-0.39, 0.29) is 31.5 Å². The molecule has 5 rings (SSSR count). The fourth-order valence-corrected chi connectivity index (χ4v) is 9.89. The number of aliphatic hydroxyl groups is 10. The molecule has 16 atom stereocenters. The van der Waals surface area contributed by atoms with Crippen molar-refractivity contribution in [3.05, 3.63) is 11.6 Å². The van der Waals surface area contributed by atoms with Gasteiger partial charge in [0.05, 0.1) is 41.7 Å². The molecular formula is C33H54O13. The first-order chi connectivity index (χ1) is 21.1. The SMILES string of the molecule is CC(C)(O)CC[C@@H](O[C@H]1O[C@H](CO)[C@H](O)[C@H](O)[C@H]1O)[C@](C)(O)[C@H]1CCC2(O)C3=CC(=O)[C@@H]4C[C@@H](O)[C@@H](O)[C@@H](O)[C@]4(C)[C@H]3CC[C@]12C. The van der Waals surface area contributed by atoms with E-state index in [9.17, 15) is 55.9 Å². The predicted octanol–water partition coefficient (Wildman–Crippen LogP) is -1.35. The monoisotopic (exact) mass is 658 g/mol. The first-order valence-electron chi connectivity index (χ1n) is 16.6. The fraction of sp³-hybridized carbons (Fsp3) is 0.909. The van der Waals surface area contributed by atoms with Crippen LogP contribution in [-0.4, -0.2) is 135 Å². The third kappa shape index (κ3) is 5.43. The van der Waals surface area contributed by atoms with Gasteiger partial charge in [0.15, 0.2) is 12.1 Å². The van der Waals surface area contributed by atoms with Gasteiger partial charge in [-0.05, 0) is 89.2 Å². The summed E-state index contributed by atoms with van der Waals surface area (Å²) in [5, 5.41) is 109. The van der Waals surface area contributed by atoms with Crippen LogP contribution in [0.3, 0.4) is 0 Å². The zero-order valence-electron chi connectivity index (χ0n) is 27.4. The summed E-state index contributed by atoms with van der Waals surface area (Å²) in [4.78, 5) is 13.6. The summed E-state index contributed by atoms with van der Waals surface area (Å²) in [6.07, 6.45) is -10.0. The fourth-order valence-electron chi connectivity index (χ4n) is 9.89. The third-order valence-electron chi connectivity index (χ3n) is 12.8. The Morgan fingerprint density at radius 3 is 2.22 bits per heavy atom. The molecule has 46 heavy (non-hydrogen) atoms. The number of hydrogen-bond acceptors (Lipinski definition) is 13. The molecule has 0 aromatic heterocycles. The molecule has 0 spiro atoms. The quantitative estimate of drug-likeness (QED) is 0.145. The van der Waals surface area contributed by atoms with Crippen molar-refractivity contribution in [2.24, 2.45) is 28.6 Å². The van der Waals surface area contributed by atoms with Crippen LogP contribution in [0.4, 0.5) is 0 Å². The van der Waals surface area contributed by atoms with E-state index in [1.807, 2.05) is 6.92 Å². The second-order valence-electron chi connectivity index (χ2n) is 16.0. The van der Waals surface area contributed by atoms with Crippen molar-refractivity contribution in [1.82, 2.24) is 0 Å². The molecule has 1 aliphatic heterocycles. The molecule has 0 bridgehead atoms. The first kappa shape index (κ1) is 36.2. The normalized spacial score (nSPS) is 49.8. The number of carbonyl (C=O) groups is 1. The lowest BCUT2D eigenvalue weighted by Crippen LogP contribution is -2.67. The van der Waals surface area contributed by atoms with Crippen molar-refractivity contribution < 1.29 is 65.3 Å². The first-order valence-corrected chi connectivity index (χ1v) is 16.6. The maximum absolute atomic E-state index is 13.6. The van der Waals surface area contributed by atoms with Crippen molar-refractivity contribution in [3.8, 4) is 0 Å². The highest BCUT2D eigenvalue weighted by Crippen LogP contribution is 2.68. The van der Waals surface area contributed by atoms with Crippen LogP contribution in [0.25, 0.3) is 0 Å². The number of fused-ring (bicyclic) bond motifs is 5. The van der Waals surface area contributed by atoms with E-state index in [1.165, 1.54) is 6.08 Å². The summed E-state index contributed by atoms with van der Waals surface area (Å²) in [7, 11) is 0. The topological polar surface area (TPSA) is 238 Å². The van der Waals surface area contributed by atoms with E-state index in [0.717, 1.165) is 0 Å². The second kappa shape index (κ2) is 12.1. The minimum absolute atomic E-state index is 0.000943. The second-order valence-corrected chi connectivity index (χ2v) is 16.0. The van der Waals surface area contributed by atoms with Crippen LogP contribution in [0.1, 0.15) is 79.6 Å². The standard InChI is InChI=1S/C33H54O13/c1-29(2,42)9-8-22(46-28-26(40)25(39)24(38)20(14-34)45-28)32(5,43)21-7-11-33(44)16-12-18(35)17-13-19(36)23(37)27(41)31(17,4)15(16)6-10-30(21,33)3/h12,15,17,19-28,34,36-44H,6-11,13-14H2,1-5H3/t15-,17-,19+,20+,21-,22+,23+,24-,25-,26+,27+,28+,30+,31+,32+,33?/m0/s1. The molecular weight excluding hydrogens is 604 g/mol. The minimum Gasteiger partial charge on any atom is -0.394 e. The maximum atomic E-state index is 13.6. The molecule has 0 amide bonds. The number of aliphatic hydroxyl groups excluding tert-OH is 7. The Bertz CT molecular complexity index is 1180. The Kier molecular flexibility index (Phi) is 9.50. The molecule has 4 fully saturated rings. The van der Waals surface area contributed by atoms with Gasteiger partial charge in [-0.15, -0.1) is 0 Å². The largest absolute Gasteiger partial charge is 0.394 e. The van der Waals surface area contributed by atoms with Gasteiger partial charge in [-0.2, -0.15) is 0 Å². The molecule has 4 aliphatic carbocycles. The van der Waals surface area contributed by atoms with Gasteiger partial charge in [0.25, 0.3) is 0 Å². The van der Waals surface area contributed by atoms with E-state index in [0.29, 0.717) is 24.8 Å². The molecule has 13 nitrogen and oxygen atoms in total. The van der Waals surface area contributed by atoms with Crippen molar-refractivity contribution in [3.63, 3.8) is 0 Å². The van der Waals surface area contributed by atoms with Crippen LogP contribution in [-0.2, 0) is 14.3 Å². The number of ketones is 1. The average molecular weight is 659 g/mol. The van der Waals surface area contributed by atoms with Gasteiger partial charge in [0.1, 0.15) is 30.5 Å². The van der Waals surface area contributed by atoms with Crippen LogP contribution >= 0.6 is 0 Å². The molecule has 1 unspecified atom stereocenters. The zero-order valence-corrected chi connectivity index (χ0v) is 27.4. The predicted molar refractivity (Wildman–Crippen MR) is 161 cm³/mol. The van der Waals surface area contributed by atoms with Crippen LogP contribution < -0.4 is 0 Å². The van der Waals surface area contributed by atoms with Crippen LogP contribution in [0.15, 0.2) is 11.6 Å². The molecule has 3 saturated carbocycles. The van der Waals surface area contributed by atoms with E-state index in [4.69, 9.17) is 9.47 Å². The molecule has 13 heteroatoms. The minimum atomic E-state index is -1.73. The summed E-state index contributed by atoms with van der Waals surface area (Å²) in [5.74, 6) is -2.18. The van der Waals surface area contributed by atoms with Gasteiger partial charge < -0.3 is 60.5 Å². The number of allylic oxidation sites excluding steroid dienone is 1. The molecule has 10 N–H and O–H groups in total. The highest BCUT2D eigenvalue weighted by atomic mass is 16.7. The lowest BCUT2D eigenvalue weighted by Gasteiger charge is -2.62. The van der Waals surface area contributed by atoms with Crippen molar-refractivity contribution in [1.29, 1.82) is 0 Å². The highest BCUT2D eigenvalue weighted by Gasteiger charge is 2.70. The van der Waals surface area contributed by atoms with E-state index >= 15 is 0 Å². The molecule has 264 valence electrons. The summed E-state index contributed by atoms with van der Waals surface area (Å²) >= 11 is 0. The van der Waals surface area contributed by atoms with E-state index < -0.39 is 107 Å². The van der Waals surface area contributed by atoms with Gasteiger partial charge in [0.2, 0.25) is 0 Å². The lowest BCUT2D eigenvalue weighted by molar-refractivity contribution is -0.328. The zero-order chi connectivity index (χ0) is 34.4. The Morgan fingerprint density at radius 1 is 0.957 bits per heavy atom. The number of rotatable bonds is 8. The summed E-state index contributed by atoms with van der Waals surface area (Å²) in [6.45, 7) is 7.68. The Balaban J connectivity index is 1.48. The lowest BCUT2D eigenvalue weighted by atomic mass is 9.45. The van der Waals surface area contributed by atoms with Gasteiger partial charge in [-0.25, -0.2) is 0 Å². The van der Waals surface area contributed by atoms with Gasteiger partial charge in [-0.1, -0.05) is 13.8 Å². The maximum Gasteiger partial charge on any atom is 0.187 e. The molecule has 0 aromatic carbocycles. The van der Waals surface area contributed by atoms with Gasteiger partial charge in [-0.3, -0.25) is 4.79 Å². The Labute approximate surface area is 269 Å². The van der Waals surface area contributed by atoms with Gasteiger partial charge in [0, 0.05) is 16.7 Å². The number of ether oxygens (including phenoxy) is 2. The Morgan fingerprint density at radius 2 is 1.61 bits per heavy atom. The molecule has 0 radical (unpaired) electrons. The Hall–Kier alpha value is -1.07. The summed E-state index contributed by atoms with van der Waals surface area (Å²) in [6, 6.07) is 0. The van der Waals surface area contributed by atoms with Crippen molar-refractivity contribution >= 4 is 5.78 Å². The summed E-state index contributed by atoms with van der Waals surface area (Å²) in [5.41, 5.74) is -6.14. The molecule has 1 saturated heterocycles. The van der Waals surface area contributed by atoms with Crippen LogP contribution in [0.2, 0.25) is 0 Å². The summed E-state index contributed by atoms with van der Waals surface area (Å²) < 4.78 is 11.8.